The molecule has 3 fully saturated rings. The normalized spacial score (nSPS) is 33.0. The molecule has 2 amide bonds. The highest BCUT2D eigenvalue weighted by atomic mass is 16.5. The maximum Gasteiger partial charge on any atom is 0.230 e. The molecular formula is C24H31N3O3. The average Bonchev–Trinajstić information content (AvgIpc) is 3.32. The van der Waals surface area contributed by atoms with Gasteiger partial charge in [-0.25, -0.2) is 0 Å². The van der Waals surface area contributed by atoms with Gasteiger partial charge in [-0.2, -0.15) is 0 Å². The number of rotatable bonds is 5. The summed E-state index contributed by atoms with van der Waals surface area (Å²) in [5.41, 5.74) is 0.366. The van der Waals surface area contributed by atoms with Gasteiger partial charge in [0.05, 0.1) is 24.5 Å². The molecule has 3 aliphatic heterocycles. The molecule has 6 heteroatoms. The fourth-order valence-electron chi connectivity index (χ4n) is 5.88. The van der Waals surface area contributed by atoms with Crippen molar-refractivity contribution in [2.75, 3.05) is 20.1 Å². The van der Waals surface area contributed by atoms with E-state index in [-0.39, 0.29) is 23.8 Å². The first-order valence-corrected chi connectivity index (χ1v) is 11.4. The summed E-state index contributed by atoms with van der Waals surface area (Å²) in [6.07, 6.45) is 13.3. The number of carbonyl (C=O) groups is 2. The third-order valence-corrected chi connectivity index (χ3v) is 7.49. The Kier molecular flexibility index (Phi) is 5.13. The van der Waals surface area contributed by atoms with Gasteiger partial charge in [-0.3, -0.25) is 14.6 Å². The Hall–Kier alpha value is -2.21. The van der Waals surface area contributed by atoms with Gasteiger partial charge in [0.2, 0.25) is 11.8 Å². The van der Waals surface area contributed by atoms with Crippen molar-refractivity contribution in [3.05, 3.63) is 42.2 Å². The van der Waals surface area contributed by atoms with E-state index in [1.54, 1.807) is 11.1 Å². The zero-order valence-electron chi connectivity index (χ0n) is 17.7. The van der Waals surface area contributed by atoms with Gasteiger partial charge in [0.15, 0.2) is 0 Å². The van der Waals surface area contributed by atoms with Crippen LogP contribution in [0.25, 0.3) is 0 Å². The summed E-state index contributed by atoms with van der Waals surface area (Å²) in [5, 5.41) is 0. The van der Waals surface area contributed by atoms with Crippen molar-refractivity contribution in [3.63, 3.8) is 0 Å². The van der Waals surface area contributed by atoms with Crippen LogP contribution in [0.4, 0.5) is 0 Å². The smallest absolute Gasteiger partial charge is 0.230 e. The van der Waals surface area contributed by atoms with Crippen LogP contribution in [0, 0.1) is 11.8 Å². The van der Waals surface area contributed by atoms with Gasteiger partial charge in [-0.15, -0.1) is 0 Å². The average molecular weight is 410 g/mol. The number of likely N-dealkylation sites (tertiary alicyclic amines) is 1. The van der Waals surface area contributed by atoms with Crippen LogP contribution < -0.4 is 0 Å². The molecule has 0 radical (unpaired) electrons. The van der Waals surface area contributed by atoms with Crippen LogP contribution >= 0.6 is 0 Å². The maximum absolute atomic E-state index is 13.5. The number of nitrogens with zero attached hydrogens (tertiary/aromatic N) is 3. The Labute approximate surface area is 178 Å². The van der Waals surface area contributed by atoms with Crippen LogP contribution in [0.5, 0.6) is 0 Å². The number of ether oxygens (including phenoxy) is 1. The highest BCUT2D eigenvalue weighted by Gasteiger charge is 2.67. The molecule has 1 aromatic heterocycles. The highest BCUT2D eigenvalue weighted by molar-refractivity contribution is 5.93. The van der Waals surface area contributed by atoms with Crippen LogP contribution in [-0.4, -0.2) is 64.5 Å². The van der Waals surface area contributed by atoms with Crippen molar-refractivity contribution in [2.45, 2.75) is 62.7 Å². The molecule has 4 atom stereocenters. The SMILES string of the molecule is CN(CCc1ccccn1)C(=O)C1C2C(=O)N(C3CCCCCC3)C[C@@]23C=C[C@@H]1O3. The van der Waals surface area contributed by atoms with E-state index >= 15 is 0 Å². The van der Waals surface area contributed by atoms with E-state index in [9.17, 15) is 9.59 Å². The first-order chi connectivity index (χ1) is 14.6. The molecule has 6 nitrogen and oxygen atoms in total. The quantitative estimate of drug-likeness (QED) is 0.554. The number of likely N-dealkylation sites (N-methyl/N-ethyl adjacent to an activating group) is 1. The molecule has 2 saturated heterocycles. The topological polar surface area (TPSA) is 62.7 Å². The van der Waals surface area contributed by atoms with Gasteiger partial charge in [0.25, 0.3) is 0 Å². The second-order valence-corrected chi connectivity index (χ2v) is 9.34. The third-order valence-electron chi connectivity index (χ3n) is 7.49. The van der Waals surface area contributed by atoms with Gasteiger partial charge < -0.3 is 14.5 Å². The van der Waals surface area contributed by atoms with E-state index in [1.807, 2.05) is 31.3 Å². The summed E-state index contributed by atoms with van der Waals surface area (Å²) in [7, 11) is 1.83. The van der Waals surface area contributed by atoms with Crippen molar-refractivity contribution in [1.29, 1.82) is 0 Å². The van der Waals surface area contributed by atoms with Crippen molar-refractivity contribution in [1.82, 2.24) is 14.8 Å². The molecule has 0 aromatic carbocycles. The lowest BCUT2D eigenvalue weighted by Gasteiger charge is -2.30. The monoisotopic (exact) mass is 409 g/mol. The summed E-state index contributed by atoms with van der Waals surface area (Å²) in [6.45, 7) is 1.19. The van der Waals surface area contributed by atoms with Gasteiger partial charge in [-0.05, 0) is 25.0 Å². The summed E-state index contributed by atoms with van der Waals surface area (Å²) in [4.78, 5) is 35.1. The first-order valence-electron chi connectivity index (χ1n) is 11.4. The molecule has 1 aliphatic carbocycles. The highest BCUT2D eigenvalue weighted by Crippen LogP contribution is 2.53. The number of hydrogen-bond acceptors (Lipinski definition) is 4. The van der Waals surface area contributed by atoms with E-state index in [2.05, 4.69) is 16.0 Å². The predicted octanol–water partition coefficient (Wildman–Crippen LogP) is 2.59. The lowest BCUT2D eigenvalue weighted by atomic mass is 9.76. The summed E-state index contributed by atoms with van der Waals surface area (Å²) in [6, 6.07) is 6.13. The molecule has 5 rings (SSSR count). The van der Waals surface area contributed by atoms with E-state index in [4.69, 9.17) is 4.74 Å². The molecule has 4 heterocycles. The van der Waals surface area contributed by atoms with Crippen molar-refractivity contribution >= 4 is 11.8 Å². The lowest BCUT2D eigenvalue weighted by Crippen LogP contribution is -2.45. The molecule has 0 N–H and O–H groups in total. The van der Waals surface area contributed by atoms with Gasteiger partial charge in [0, 0.05) is 37.9 Å². The van der Waals surface area contributed by atoms with Gasteiger partial charge >= 0.3 is 0 Å². The number of aromatic nitrogens is 1. The molecule has 1 aromatic rings. The van der Waals surface area contributed by atoms with Crippen LogP contribution in [-0.2, 0) is 20.7 Å². The third kappa shape index (κ3) is 3.25. The van der Waals surface area contributed by atoms with Crippen molar-refractivity contribution < 1.29 is 14.3 Å². The Morgan fingerprint density at radius 1 is 1.27 bits per heavy atom. The lowest BCUT2D eigenvalue weighted by molar-refractivity contribution is -0.143. The minimum Gasteiger partial charge on any atom is -0.360 e. The Bertz CT molecular complexity index is 833. The number of carbonyl (C=O) groups excluding carboxylic acids is 2. The second kappa shape index (κ2) is 7.80. The number of fused-ring (bicyclic) bond motifs is 1. The van der Waals surface area contributed by atoms with Crippen molar-refractivity contribution in [3.8, 4) is 0 Å². The zero-order chi connectivity index (χ0) is 20.7. The van der Waals surface area contributed by atoms with Crippen LogP contribution in [0.1, 0.15) is 44.2 Å². The molecule has 160 valence electrons. The van der Waals surface area contributed by atoms with E-state index < -0.39 is 11.5 Å². The summed E-state index contributed by atoms with van der Waals surface area (Å²) < 4.78 is 6.32. The van der Waals surface area contributed by atoms with Crippen LogP contribution in [0.15, 0.2) is 36.5 Å². The summed E-state index contributed by atoms with van der Waals surface area (Å²) in [5.74, 6) is -0.638. The number of pyridine rings is 1. The Balaban J connectivity index is 1.31. The largest absolute Gasteiger partial charge is 0.360 e. The summed E-state index contributed by atoms with van der Waals surface area (Å²) >= 11 is 0. The predicted molar refractivity (Wildman–Crippen MR) is 113 cm³/mol. The van der Waals surface area contributed by atoms with Gasteiger partial charge in [-0.1, -0.05) is 43.9 Å². The van der Waals surface area contributed by atoms with E-state index in [1.165, 1.54) is 25.7 Å². The second-order valence-electron chi connectivity index (χ2n) is 9.34. The van der Waals surface area contributed by atoms with Crippen LogP contribution in [0.3, 0.4) is 0 Å². The first kappa shape index (κ1) is 19.7. The van der Waals surface area contributed by atoms with E-state index in [0.29, 0.717) is 25.6 Å². The Morgan fingerprint density at radius 3 is 2.80 bits per heavy atom. The van der Waals surface area contributed by atoms with Crippen molar-refractivity contribution in [2.24, 2.45) is 11.8 Å². The fourth-order valence-corrected chi connectivity index (χ4v) is 5.88. The maximum atomic E-state index is 13.5. The molecular weight excluding hydrogens is 378 g/mol. The number of amides is 2. The standard InChI is InChI=1S/C24H31N3O3/c1-26(15-12-17-8-6-7-14-25-17)22(28)20-19-11-13-24(30-19)16-27(23(29)21(20)24)18-9-4-2-3-5-10-18/h6-8,11,13-14,18-21H,2-5,9-10,12,15-16H2,1H3/t19-,20?,21?,24-/m0/s1. The minimum absolute atomic E-state index is 0.0169. The molecule has 1 spiro atoms. The zero-order valence-corrected chi connectivity index (χ0v) is 17.7. The Morgan fingerprint density at radius 2 is 2.07 bits per heavy atom. The van der Waals surface area contributed by atoms with Gasteiger partial charge in [0.1, 0.15) is 5.60 Å². The van der Waals surface area contributed by atoms with Crippen LogP contribution in [0.2, 0.25) is 0 Å². The minimum atomic E-state index is -0.601. The molecule has 2 bridgehead atoms. The number of hydrogen-bond donors (Lipinski definition) is 0. The molecule has 30 heavy (non-hydrogen) atoms. The molecule has 2 unspecified atom stereocenters. The van der Waals surface area contributed by atoms with E-state index in [0.717, 1.165) is 18.5 Å². The molecule has 1 saturated carbocycles. The molecule has 4 aliphatic rings. The fraction of sp³-hybridized carbons (Fsp3) is 0.625.